The van der Waals surface area contributed by atoms with Crippen molar-refractivity contribution >= 4 is 23.5 Å². The van der Waals surface area contributed by atoms with Crippen LogP contribution in [-0.2, 0) is 4.79 Å². The number of nitrogens with one attached hydrogen (secondary N) is 1. The zero-order valence-electron chi connectivity index (χ0n) is 24.7. The summed E-state index contributed by atoms with van der Waals surface area (Å²) in [6.07, 6.45) is 13.3. The normalized spacial score (nSPS) is 22.2. The molecule has 6 rings (SSSR count). The SMILES string of the molecule is O=C([C@@H]1CCC[C@H](Nc2ncc(Cl)c(-c3cccc(-c4ccccc4)c3)n2)C1)N1CCC(CCN2CCCCC2)CC1. The summed E-state index contributed by atoms with van der Waals surface area (Å²) in [5, 5.41) is 4.08. The monoisotopic (exact) mass is 585 g/mol. The Hall–Kier alpha value is -2.96. The van der Waals surface area contributed by atoms with Gasteiger partial charge in [-0.25, -0.2) is 9.97 Å². The molecule has 3 aromatic rings. The van der Waals surface area contributed by atoms with E-state index in [0.717, 1.165) is 79.9 Å². The van der Waals surface area contributed by atoms with Crippen LogP contribution in [0.25, 0.3) is 22.4 Å². The minimum Gasteiger partial charge on any atom is -0.351 e. The molecule has 1 N–H and O–H groups in total. The van der Waals surface area contributed by atoms with E-state index in [9.17, 15) is 4.79 Å². The molecule has 1 aromatic heterocycles. The zero-order valence-corrected chi connectivity index (χ0v) is 25.4. The van der Waals surface area contributed by atoms with Gasteiger partial charge in [-0.3, -0.25) is 4.79 Å². The number of hydrogen-bond donors (Lipinski definition) is 1. The third kappa shape index (κ3) is 7.33. The van der Waals surface area contributed by atoms with E-state index in [4.69, 9.17) is 16.6 Å². The van der Waals surface area contributed by atoms with Gasteiger partial charge in [-0.1, -0.05) is 73.0 Å². The highest BCUT2D eigenvalue weighted by molar-refractivity contribution is 6.32. The van der Waals surface area contributed by atoms with Gasteiger partial charge in [0.25, 0.3) is 0 Å². The van der Waals surface area contributed by atoms with Crippen LogP contribution in [-0.4, -0.2) is 64.4 Å². The molecule has 2 aromatic carbocycles. The predicted molar refractivity (Wildman–Crippen MR) is 171 cm³/mol. The van der Waals surface area contributed by atoms with Crippen molar-refractivity contribution in [3.05, 3.63) is 65.8 Å². The molecule has 1 aliphatic carbocycles. The van der Waals surface area contributed by atoms with Crippen molar-refractivity contribution in [1.82, 2.24) is 19.8 Å². The Kier molecular flexibility index (Phi) is 9.71. The molecule has 0 radical (unpaired) electrons. The van der Waals surface area contributed by atoms with Gasteiger partial charge >= 0.3 is 0 Å². The molecule has 3 heterocycles. The van der Waals surface area contributed by atoms with Crippen LogP contribution in [0.5, 0.6) is 0 Å². The quantitative estimate of drug-likeness (QED) is 0.296. The second kappa shape index (κ2) is 14.0. The predicted octanol–water partition coefficient (Wildman–Crippen LogP) is 7.55. The van der Waals surface area contributed by atoms with Gasteiger partial charge in [0, 0.05) is 30.6 Å². The fourth-order valence-corrected chi connectivity index (χ4v) is 7.29. The second-order valence-electron chi connectivity index (χ2n) is 12.5. The molecule has 7 heteroatoms. The molecule has 1 saturated carbocycles. The number of carbonyl (C=O) groups is 1. The van der Waals surface area contributed by atoms with E-state index in [2.05, 4.69) is 44.4 Å². The average Bonchev–Trinajstić information content (AvgIpc) is 3.06. The summed E-state index contributed by atoms with van der Waals surface area (Å²) in [6.45, 7) is 5.63. The van der Waals surface area contributed by atoms with Gasteiger partial charge in [0.2, 0.25) is 11.9 Å². The molecule has 1 amide bonds. The maximum atomic E-state index is 13.5. The molecular weight excluding hydrogens is 542 g/mol. The lowest BCUT2D eigenvalue weighted by atomic mass is 9.84. The lowest BCUT2D eigenvalue weighted by Crippen LogP contribution is -2.44. The Bertz CT molecular complexity index is 1320. The number of hydrogen-bond acceptors (Lipinski definition) is 5. The van der Waals surface area contributed by atoms with Crippen molar-refractivity contribution in [1.29, 1.82) is 0 Å². The molecule has 2 aliphatic heterocycles. The second-order valence-corrected chi connectivity index (χ2v) is 12.9. The Morgan fingerprint density at radius 1 is 0.857 bits per heavy atom. The maximum Gasteiger partial charge on any atom is 0.225 e. The molecule has 42 heavy (non-hydrogen) atoms. The molecule has 3 aliphatic rings. The van der Waals surface area contributed by atoms with Crippen LogP contribution in [0.1, 0.15) is 64.2 Å². The highest BCUT2D eigenvalue weighted by Gasteiger charge is 2.32. The molecule has 0 unspecified atom stereocenters. The number of benzene rings is 2. The van der Waals surface area contributed by atoms with Crippen molar-refractivity contribution in [2.24, 2.45) is 11.8 Å². The van der Waals surface area contributed by atoms with Crippen LogP contribution in [0.2, 0.25) is 5.02 Å². The summed E-state index contributed by atoms with van der Waals surface area (Å²) in [7, 11) is 0. The zero-order chi connectivity index (χ0) is 28.7. The molecular formula is C35H44ClN5O. The fraction of sp³-hybridized carbons (Fsp3) is 0.514. The van der Waals surface area contributed by atoms with Gasteiger partial charge in [0.15, 0.2) is 0 Å². The van der Waals surface area contributed by atoms with Crippen LogP contribution < -0.4 is 5.32 Å². The molecule has 2 atom stereocenters. The van der Waals surface area contributed by atoms with Gasteiger partial charge in [-0.2, -0.15) is 0 Å². The summed E-state index contributed by atoms with van der Waals surface area (Å²) in [5.74, 6) is 1.77. The molecule has 3 fully saturated rings. The number of aromatic nitrogens is 2. The first-order valence-electron chi connectivity index (χ1n) is 16.1. The third-order valence-electron chi connectivity index (χ3n) is 9.57. The van der Waals surface area contributed by atoms with Crippen LogP contribution >= 0.6 is 11.6 Å². The van der Waals surface area contributed by atoms with Gasteiger partial charge in [-0.05, 0) is 94.1 Å². The minimum absolute atomic E-state index is 0.0791. The van der Waals surface area contributed by atoms with Gasteiger partial charge in [0.1, 0.15) is 0 Å². The Morgan fingerprint density at radius 2 is 1.62 bits per heavy atom. The number of carbonyl (C=O) groups excluding carboxylic acids is 1. The molecule has 2 saturated heterocycles. The lowest BCUT2D eigenvalue weighted by molar-refractivity contribution is -0.138. The topological polar surface area (TPSA) is 61.4 Å². The third-order valence-corrected chi connectivity index (χ3v) is 9.85. The summed E-state index contributed by atoms with van der Waals surface area (Å²) < 4.78 is 0. The van der Waals surface area contributed by atoms with Gasteiger partial charge in [0.05, 0.1) is 16.9 Å². The smallest absolute Gasteiger partial charge is 0.225 e. The first kappa shape index (κ1) is 29.1. The number of piperidine rings is 2. The van der Waals surface area contributed by atoms with Crippen LogP contribution in [0.4, 0.5) is 5.95 Å². The number of rotatable bonds is 8. The number of halogens is 1. The van der Waals surface area contributed by atoms with E-state index in [1.807, 2.05) is 30.3 Å². The van der Waals surface area contributed by atoms with Crippen molar-refractivity contribution in [2.75, 3.05) is 38.0 Å². The first-order chi connectivity index (χ1) is 20.6. The summed E-state index contributed by atoms with van der Waals surface area (Å²) in [5.41, 5.74) is 3.96. The molecule has 222 valence electrons. The Labute approximate surface area is 255 Å². The Morgan fingerprint density at radius 3 is 2.43 bits per heavy atom. The largest absolute Gasteiger partial charge is 0.351 e. The molecule has 0 spiro atoms. The van der Waals surface area contributed by atoms with E-state index in [-0.39, 0.29) is 12.0 Å². The number of amides is 1. The van der Waals surface area contributed by atoms with Crippen LogP contribution in [0, 0.1) is 11.8 Å². The van der Waals surface area contributed by atoms with Crippen molar-refractivity contribution in [2.45, 2.75) is 70.3 Å². The molecule has 0 bridgehead atoms. The van der Waals surface area contributed by atoms with E-state index in [0.29, 0.717) is 16.9 Å². The van der Waals surface area contributed by atoms with Crippen molar-refractivity contribution in [3.63, 3.8) is 0 Å². The number of anilines is 1. The van der Waals surface area contributed by atoms with Crippen molar-refractivity contribution in [3.8, 4) is 22.4 Å². The van der Waals surface area contributed by atoms with Gasteiger partial charge in [-0.15, -0.1) is 0 Å². The van der Waals surface area contributed by atoms with E-state index >= 15 is 0 Å². The number of nitrogens with zero attached hydrogens (tertiary/aromatic N) is 4. The highest BCUT2D eigenvalue weighted by atomic mass is 35.5. The van der Waals surface area contributed by atoms with Crippen molar-refractivity contribution < 1.29 is 4.79 Å². The van der Waals surface area contributed by atoms with Gasteiger partial charge < -0.3 is 15.1 Å². The first-order valence-corrected chi connectivity index (χ1v) is 16.5. The number of likely N-dealkylation sites (tertiary alicyclic amines) is 2. The standard InChI is InChI=1S/C35H44ClN5O/c36-32-25-37-35(39-33(32)29-12-7-11-28(23-29)27-9-3-1-4-10-27)38-31-14-8-13-30(24-31)34(42)41-21-16-26(17-22-41)15-20-40-18-5-2-6-19-40/h1,3-4,7,9-12,23,25-26,30-31H,2,5-6,8,13-22,24H2,(H,37,38,39)/t30-,31+/m1/s1. The maximum absolute atomic E-state index is 13.5. The van der Waals surface area contributed by atoms with E-state index in [1.54, 1.807) is 6.20 Å². The Balaban J connectivity index is 1.03. The van der Waals surface area contributed by atoms with E-state index in [1.165, 1.54) is 45.3 Å². The summed E-state index contributed by atoms with van der Waals surface area (Å²) in [6, 6.07) is 18.8. The average molecular weight is 586 g/mol. The van der Waals surface area contributed by atoms with Crippen LogP contribution in [0.3, 0.4) is 0 Å². The summed E-state index contributed by atoms with van der Waals surface area (Å²) in [4.78, 5) is 27.7. The van der Waals surface area contributed by atoms with E-state index < -0.39 is 0 Å². The minimum atomic E-state index is 0.0791. The van der Waals surface area contributed by atoms with Crippen LogP contribution in [0.15, 0.2) is 60.8 Å². The summed E-state index contributed by atoms with van der Waals surface area (Å²) >= 11 is 6.59. The fourth-order valence-electron chi connectivity index (χ4n) is 7.09. The lowest BCUT2D eigenvalue weighted by Gasteiger charge is -2.37. The highest BCUT2D eigenvalue weighted by Crippen LogP contribution is 2.33. The molecule has 6 nitrogen and oxygen atoms in total.